The third-order valence-corrected chi connectivity index (χ3v) is 4.79. The summed E-state index contributed by atoms with van der Waals surface area (Å²) < 4.78 is 0. The second-order valence-electron chi connectivity index (χ2n) is 5.03. The largest absolute Gasteiger partial charge is 0.0925 e. The smallest absolute Gasteiger partial charge is 0.00684 e. The number of hydrogen-bond donors (Lipinski definition) is 0. The number of halogens is 1. The molecule has 1 fully saturated rings. The van der Waals surface area contributed by atoms with Crippen molar-refractivity contribution in [2.24, 2.45) is 5.92 Å². The minimum absolute atomic E-state index is 0.410. The van der Waals surface area contributed by atoms with E-state index >= 15 is 0 Å². The van der Waals surface area contributed by atoms with E-state index in [0.29, 0.717) is 5.41 Å². The molecule has 2 unspecified atom stereocenters. The van der Waals surface area contributed by atoms with Gasteiger partial charge in [0.1, 0.15) is 0 Å². The summed E-state index contributed by atoms with van der Waals surface area (Å²) >= 11 is 3.60. The van der Waals surface area contributed by atoms with Gasteiger partial charge in [0.15, 0.2) is 0 Å². The molecule has 2 aromatic rings. The fourth-order valence-corrected chi connectivity index (χ4v) is 3.52. The normalized spacial score (nSPS) is 28.2. The monoisotopic (exact) mass is 274 g/mol. The van der Waals surface area contributed by atoms with Crippen LogP contribution in [0, 0.1) is 5.92 Å². The molecular formula is C15H15Br. The van der Waals surface area contributed by atoms with E-state index in [-0.39, 0.29) is 0 Å². The van der Waals surface area contributed by atoms with Crippen molar-refractivity contribution in [2.75, 3.05) is 5.33 Å². The van der Waals surface area contributed by atoms with Gasteiger partial charge in [0.2, 0.25) is 0 Å². The number of fused-ring (bicyclic) bond motifs is 1. The fraction of sp³-hybridized carbons (Fsp3) is 0.333. The minimum atomic E-state index is 0.410. The number of rotatable bonds is 2. The van der Waals surface area contributed by atoms with Gasteiger partial charge in [-0.3, -0.25) is 0 Å². The van der Waals surface area contributed by atoms with Crippen LogP contribution in [0.5, 0.6) is 0 Å². The molecule has 0 nitrogen and oxygen atoms in total. The highest BCUT2D eigenvalue weighted by Gasteiger charge is 2.50. The van der Waals surface area contributed by atoms with Crippen LogP contribution < -0.4 is 0 Å². The van der Waals surface area contributed by atoms with E-state index in [1.54, 1.807) is 0 Å². The van der Waals surface area contributed by atoms with Crippen molar-refractivity contribution in [3.63, 3.8) is 0 Å². The quantitative estimate of drug-likeness (QED) is 0.707. The topological polar surface area (TPSA) is 0 Å². The Morgan fingerprint density at radius 1 is 1.19 bits per heavy atom. The fourth-order valence-electron chi connectivity index (χ4n) is 2.58. The molecule has 1 saturated carbocycles. The number of alkyl halides is 1. The zero-order chi connectivity index (χ0) is 11.2. The van der Waals surface area contributed by atoms with Crippen LogP contribution in [0.3, 0.4) is 0 Å². The van der Waals surface area contributed by atoms with E-state index in [0.717, 1.165) is 11.2 Å². The average molecular weight is 275 g/mol. The van der Waals surface area contributed by atoms with Gasteiger partial charge in [-0.05, 0) is 34.1 Å². The van der Waals surface area contributed by atoms with Gasteiger partial charge in [-0.2, -0.15) is 0 Å². The molecule has 1 aliphatic rings. The lowest BCUT2D eigenvalue weighted by Crippen LogP contribution is -2.04. The zero-order valence-corrected chi connectivity index (χ0v) is 11.0. The Kier molecular flexibility index (Phi) is 2.32. The molecule has 0 aliphatic heterocycles. The summed E-state index contributed by atoms with van der Waals surface area (Å²) in [5.74, 6) is 0.814. The molecule has 3 rings (SSSR count). The van der Waals surface area contributed by atoms with E-state index in [1.165, 1.54) is 22.8 Å². The Labute approximate surface area is 105 Å². The van der Waals surface area contributed by atoms with Crippen LogP contribution in [0.4, 0.5) is 0 Å². The van der Waals surface area contributed by atoms with Crippen molar-refractivity contribution in [3.8, 4) is 0 Å². The Morgan fingerprint density at radius 2 is 1.94 bits per heavy atom. The van der Waals surface area contributed by atoms with E-state index < -0.39 is 0 Å². The predicted octanol–water partition coefficient (Wildman–Crippen LogP) is 4.51. The third kappa shape index (κ3) is 1.49. The second-order valence-corrected chi connectivity index (χ2v) is 5.68. The van der Waals surface area contributed by atoms with Crippen molar-refractivity contribution in [2.45, 2.75) is 18.8 Å². The van der Waals surface area contributed by atoms with Gasteiger partial charge in [0.25, 0.3) is 0 Å². The van der Waals surface area contributed by atoms with Crippen LogP contribution in [-0.2, 0) is 5.41 Å². The average Bonchev–Trinajstić information content (AvgIpc) is 3.01. The molecule has 2 atom stereocenters. The molecule has 0 N–H and O–H groups in total. The van der Waals surface area contributed by atoms with E-state index in [9.17, 15) is 0 Å². The molecule has 0 heterocycles. The van der Waals surface area contributed by atoms with Crippen LogP contribution in [0.25, 0.3) is 10.8 Å². The van der Waals surface area contributed by atoms with Crippen molar-refractivity contribution < 1.29 is 0 Å². The van der Waals surface area contributed by atoms with Crippen molar-refractivity contribution in [1.82, 2.24) is 0 Å². The molecule has 0 saturated heterocycles. The first-order valence-electron chi connectivity index (χ1n) is 5.79. The molecule has 16 heavy (non-hydrogen) atoms. The molecule has 1 aliphatic carbocycles. The first-order chi connectivity index (χ1) is 7.74. The Bertz CT molecular complexity index is 532. The number of benzene rings is 2. The summed E-state index contributed by atoms with van der Waals surface area (Å²) in [5.41, 5.74) is 1.91. The predicted molar refractivity (Wildman–Crippen MR) is 73.2 cm³/mol. The SMILES string of the molecule is CC1(c2ccc3ccccc3c2)CC1CBr. The molecule has 2 aromatic carbocycles. The Balaban J connectivity index is 2.06. The van der Waals surface area contributed by atoms with Crippen LogP contribution in [0.2, 0.25) is 0 Å². The highest BCUT2D eigenvalue weighted by atomic mass is 79.9. The zero-order valence-electron chi connectivity index (χ0n) is 9.41. The molecule has 0 radical (unpaired) electrons. The lowest BCUT2D eigenvalue weighted by molar-refractivity contribution is 0.711. The van der Waals surface area contributed by atoms with Crippen LogP contribution in [-0.4, -0.2) is 5.33 Å². The van der Waals surface area contributed by atoms with Crippen LogP contribution in [0.15, 0.2) is 42.5 Å². The summed E-state index contributed by atoms with van der Waals surface area (Å²) in [6.45, 7) is 2.38. The Morgan fingerprint density at radius 3 is 2.62 bits per heavy atom. The highest BCUT2D eigenvalue weighted by molar-refractivity contribution is 9.09. The van der Waals surface area contributed by atoms with E-state index in [2.05, 4.69) is 65.3 Å². The van der Waals surface area contributed by atoms with Crippen molar-refractivity contribution >= 4 is 26.7 Å². The van der Waals surface area contributed by atoms with Crippen molar-refractivity contribution in [1.29, 1.82) is 0 Å². The van der Waals surface area contributed by atoms with Gasteiger partial charge in [-0.25, -0.2) is 0 Å². The maximum atomic E-state index is 3.60. The molecule has 82 valence electrons. The maximum Gasteiger partial charge on any atom is 0.00684 e. The maximum absolute atomic E-state index is 3.60. The van der Waals surface area contributed by atoms with Crippen molar-refractivity contribution in [3.05, 3.63) is 48.0 Å². The molecule has 0 aromatic heterocycles. The highest BCUT2D eigenvalue weighted by Crippen LogP contribution is 2.54. The second kappa shape index (κ2) is 3.59. The van der Waals surface area contributed by atoms with Gasteiger partial charge in [-0.1, -0.05) is 65.3 Å². The lowest BCUT2D eigenvalue weighted by atomic mass is 9.93. The van der Waals surface area contributed by atoms with Gasteiger partial charge in [0.05, 0.1) is 0 Å². The van der Waals surface area contributed by atoms with Crippen LogP contribution >= 0.6 is 15.9 Å². The van der Waals surface area contributed by atoms with Gasteiger partial charge in [-0.15, -0.1) is 0 Å². The van der Waals surface area contributed by atoms with Crippen LogP contribution in [0.1, 0.15) is 18.9 Å². The van der Waals surface area contributed by atoms with Gasteiger partial charge >= 0.3 is 0 Å². The van der Waals surface area contributed by atoms with Gasteiger partial charge < -0.3 is 0 Å². The van der Waals surface area contributed by atoms with E-state index in [4.69, 9.17) is 0 Å². The molecular weight excluding hydrogens is 260 g/mol. The molecule has 1 heteroatoms. The lowest BCUT2D eigenvalue weighted by Gasteiger charge is -2.12. The standard InChI is InChI=1S/C15H15Br/c1-15(9-14(15)10-16)13-7-6-11-4-2-3-5-12(11)8-13/h2-8,14H,9-10H2,1H3. The molecule has 0 amide bonds. The summed E-state index contributed by atoms with van der Waals surface area (Å²) in [5, 5.41) is 3.82. The van der Waals surface area contributed by atoms with Gasteiger partial charge in [0, 0.05) is 5.33 Å². The minimum Gasteiger partial charge on any atom is -0.0925 e. The summed E-state index contributed by atoms with van der Waals surface area (Å²) in [7, 11) is 0. The van der Waals surface area contributed by atoms with E-state index in [1.807, 2.05) is 0 Å². The first-order valence-corrected chi connectivity index (χ1v) is 6.91. The molecule has 0 bridgehead atoms. The Hall–Kier alpha value is -0.820. The summed E-state index contributed by atoms with van der Waals surface area (Å²) in [6.07, 6.45) is 1.32. The summed E-state index contributed by atoms with van der Waals surface area (Å²) in [4.78, 5) is 0. The third-order valence-electron chi connectivity index (χ3n) is 4.01. The molecule has 0 spiro atoms. The summed E-state index contributed by atoms with van der Waals surface area (Å²) in [6, 6.07) is 15.5. The first kappa shape index (κ1) is 10.3. The number of hydrogen-bond acceptors (Lipinski definition) is 0.